The van der Waals surface area contributed by atoms with Gasteiger partial charge >= 0.3 is 0 Å². The predicted octanol–water partition coefficient (Wildman–Crippen LogP) is 12.2. The summed E-state index contributed by atoms with van der Waals surface area (Å²) < 4.78 is 3.29. The highest BCUT2D eigenvalue weighted by atomic mass is 35.5. The van der Waals surface area contributed by atoms with Crippen LogP contribution < -0.4 is 10.6 Å². The van der Waals surface area contributed by atoms with E-state index in [4.69, 9.17) is 69.6 Å². The summed E-state index contributed by atoms with van der Waals surface area (Å²) in [4.78, 5) is 26.2. The van der Waals surface area contributed by atoms with Crippen LogP contribution >= 0.6 is 69.6 Å². The highest BCUT2D eigenvalue weighted by Crippen LogP contribution is 2.32. The van der Waals surface area contributed by atoms with E-state index >= 15 is 0 Å². The summed E-state index contributed by atoms with van der Waals surface area (Å²) in [6, 6.07) is 28.4. The molecule has 0 bridgehead atoms. The number of aromatic nitrogens is 4. The van der Waals surface area contributed by atoms with Gasteiger partial charge in [0.1, 0.15) is 0 Å². The molecule has 2 N–H and O–H groups in total. The maximum absolute atomic E-state index is 13.1. The second-order valence-corrected chi connectivity index (χ2v) is 15.4. The number of benzene rings is 4. The normalized spacial score (nSPS) is 11.2. The zero-order valence-electron chi connectivity index (χ0n) is 29.5. The summed E-state index contributed by atoms with van der Waals surface area (Å²) in [5.41, 5.74) is 4.84. The SMILES string of the molecule is O=C(NCCCCCCCCCNC(=O)c1cc(-c2ccc(Cl)cc2)n(-c2ccc(Cl)cc2Cl)n1)c1cc(-c2ccc(Cl)cc2)n(-c2ccc(Cl)cc2Cl)n1. The minimum absolute atomic E-state index is 0.261. The number of hydrogen-bond donors (Lipinski definition) is 2. The van der Waals surface area contributed by atoms with Gasteiger partial charge in [0.2, 0.25) is 0 Å². The Labute approximate surface area is 349 Å². The highest BCUT2D eigenvalue weighted by molar-refractivity contribution is 6.36. The second-order valence-electron chi connectivity index (χ2n) is 12.8. The van der Waals surface area contributed by atoms with Crippen LogP contribution in [0.1, 0.15) is 65.9 Å². The molecule has 0 unspecified atom stereocenters. The van der Waals surface area contributed by atoms with Crippen LogP contribution in [0.4, 0.5) is 0 Å². The van der Waals surface area contributed by atoms with Gasteiger partial charge in [-0.1, -0.05) is 126 Å². The van der Waals surface area contributed by atoms with Crippen LogP contribution in [0.25, 0.3) is 33.9 Å². The lowest BCUT2D eigenvalue weighted by atomic mass is 10.1. The largest absolute Gasteiger partial charge is 0.351 e. The highest BCUT2D eigenvalue weighted by Gasteiger charge is 2.20. The van der Waals surface area contributed by atoms with Gasteiger partial charge in [-0.15, -0.1) is 0 Å². The zero-order valence-corrected chi connectivity index (χ0v) is 34.0. The van der Waals surface area contributed by atoms with Crippen molar-refractivity contribution in [2.75, 3.05) is 13.1 Å². The van der Waals surface area contributed by atoms with Gasteiger partial charge < -0.3 is 10.6 Å². The minimum Gasteiger partial charge on any atom is -0.351 e. The van der Waals surface area contributed by atoms with Crippen LogP contribution in [0.5, 0.6) is 0 Å². The van der Waals surface area contributed by atoms with Gasteiger partial charge in [-0.2, -0.15) is 10.2 Å². The maximum Gasteiger partial charge on any atom is 0.271 e. The topological polar surface area (TPSA) is 93.8 Å². The molecular formula is C41H36Cl6N6O2. The van der Waals surface area contributed by atoms with Crippen molar-refractivity contribution >= 4 is 81.4 Å². The maximum atomic E-state index is 13.1. The van der Waals surface area contributed by atoms with Crippen molar-refractivity contribution in [1.29, 1.82) is 0 Å². The Morgan fingerprint density at radius 2 is 0.800 bits per heavy atom. The molecule has 0 saturated carbocycles. The smallest absolute Gasteiger partial charge is 0.271 e. The molecule has 2 aromatic heterocycles. The van der Waals surface area contributed by atoms with Crippen molar-refractivity contribution in [3.05, 3.63) is 139 Å². The molecule has 55 heavy (non-hydrogen) atoms. The van der Waals surface area contributed by atoms with E-state index in [1.807, 2.05) is 24.3 Å². The van der Waals surface area contributed by atoms with Gasteiger partial charge in [-0.3, -0.25) is 9.59 Å². The van der Waals surface area contributed by atoms with Crippen LogP contribution in [0.2, 0.25) is 30.1 Å². The Morgan fingerprint density at radius 3 is 1.16 bits per heavy atom. The first-order chi connectivity index (χ1) is 26.6. The Kier molecular flexibility index (Phi) is 14.2. The van der Waals surface area contributed by atoms with Gasteiger partial charge in [0.05, 0.1) is 32.8 Å². The Bertz CT molecular complexity index is 2110. The number of rotatable bonds is 16. The lowest BCUT2D eigenvalue weighted by Gasteiger charge is -2.10. The lowest BCUT2D eigenvalue weighted by Crippen LogP contribution is -2.25. The number of carbonyl (C=O) groups excluding carboxylic acids is 2. The number of nitrogens with zero attached hydrogens (tertiary/aromatic N) is 4. The molecule has 2 amide bonds. The first-order valence-electron chi connectivity index (χ1n) is 17.8. The van der Waals surface area contributed by atoms with Crippen LogP contribution in [-0.2, 0) is 0 Å². The molecule has 14 heteroatoms. The molecule has 0 aliphatic carbocycles. The van der Waals surface area contributed by atoms with E-state index in [0.29, 0.717) is 66.0 Å². The van der Waals surface area contributed by atoms with E-state index in [2.05, 4.69) is 20.8 Å². The van der Waals surface area contributed by atoms with Crippen LogP contribution in [0.3, 0.4) is 0 Å². The number of unbranched alkanes of at least 4 members (excludes halogenated alkanes) is 6. The molecule has 0 radical (unpaired) electrons. The van der Waals surface area contributed by atoms with E-state index in [9.17, 15) is 9.59 Å². The van der Waals surface area contributed by atoms with Crippen molar-refractivity contribution in [2.24, 2.45) is 0 Å². The van der Waals surface area contributed by atoms with E-state index in [1.165, 1.54) is 0 Å². The van der Waals surface area contributed by atoms with Crippen molar-refractivity contribution < 1.29 is 9.59 Å². The minimum atomic E-state index is -0.261. The van der Waals surface area contributed by atoms with Gasteiger partial charge in [-0.05, 0) is 85.6 Å². The molecule has 0 aliphatic heterocycles. The fourth-order valence-corrected chi connectivity index (χ4v) is 7.26. The number of amides is 2. The van der Waals surface area contributed by atoms with Gasteiger partial charge in [0.15, 0.2) is 11.4 Å². The fraction of sp³-hybridized carbons (Fsp3) is 0.220. The summed E-state index contributed by atoms with van der Waals surface area (Å²) in [6.07, 6.45) is 6.82. The van der Waals surface area contributed by atoms with Gasteiger partial charge in [0, 0.05) is 44.3 Å². The molecule has 0 saturated heterocycles. The molecule has 6 rings (SSSR count). The molecule has 0 aliphatic rings. The summed E-state index contributed by atoms with van der Waals surface area (Å²) in [5.74, 6) is -0.523. The number of nitrogens with one attached hydrogen (secondary N) is 2. The first kappa shape index (κ1) is 40.6. The summed E-state index contributed by atoms with van der Waals surface area (Å²) in [7, 11) is 0. The zero-order chi connectivity index (χ0) is 38.9. The average molecular weight is 857 g/mol. The summed E-state index contributed by atoms with van der Waals surface area (Å²) >= 11 is 37.5. The fourth-order valence-electron chi connectivity index (χ4n) is 6.03. The van der Waals surface area contributed by atoms with Crippen molar-refractivity contribution in [2.45, 2.75) is 44.9 Å². The number of halogens is 6. The van der Waals surface area contributed by atoms with Crippen LogP contribution in [-0.4, -0.2) is 44.5 Å². The Morgan fingerprint density at radius 1 is 0.455 bits per heavy atom. The molecule has 2 heterocycles. The molecule has 4 aromatic carbocycles. The molecular weight excluding hydrogens is 821 g/mol. The Hall–Kier alpha value is -4.02. The standard InChI is InChI=1S/C41H36Cl6N6O2/c42-28-12-8-26(9-13-28)38-24-34(50-52(38)36-18-16-30(44)22-32(36)46)40(54)48-20-6-4-2-1-3-5-7-21-49-41(55)35-25-39(27-10-14-29(43)15-11-27)53(51-35)37-19-17-31(45)23-33(37)47/h8-19,22-25H,1-7,20-21H2,(H,48,54)(H,49,55). The van der Waals surface area contributed by atoms with Crippen LogP contribution in [0, 0.1) is 0 Å². The van der Waals surface area contributed by atoms with E-state index in [-0.39, 0.29) is 23.2 Å². The third-order valence-corrected chi connectivity index (χ3v) is 10.4. The first-order valence-corrected chi connectivity index (χ1v) is 20.0. The average Bonchev–Trinajstić information content (AvgIpc) is 3.80. The van der Waals surface area contributed by atoms with E-state index in [1.54, 1.807) is 82.2 Å². The van der Waals surface area contributed by atoms with Crippen molar-refractivity contribution in [1.82, 2.24) is 30.2 Å². The third-order valence-electron chi connectivity index (χ3n) is 8.86. The summed E-state index contributed by atoms with van der Waals surface area (Å²) in [5, 5.41) is 18.2. The Balaban J connectivity index is 0.924. The van der Waals surface area contributed by atoms with E-state index in [0.717, 1.165) is 56.1 Å². The molecule has 284 valence electrons. The van der Waals surface area contributed by atoms with Gasteiger partial charge in [-0.25, -0.2) is 9.36 Å². The number of hydrogen-bond acceptors (Lipinski definition) is 4. The lowest BCUT2D eigenvalue weighted by molar-refractivity contribution is 0.0939. The molecule has 0 atom stereocenters. The van der Waals surface area contributed by atoms with Gasteiger partial charge in [0.25, 0.3) is 11.8 Å². The molecule has 0 fully saturated rings. The summed E-state index contributed by atoms with van der Waals surface area (Å²) in [6.45, 7) is 1.07. The molecule has 6 aromatic rings. The quantitative estimate of drug-likeness (QED) is 0.0948. The third kappa shape index (κ3) is 10.6. The number of carbonyl (C=O) groups is 2. The van der Waals surface area contributed by atoms with Crippen molar-refractivity contribution in [3.63, 3.8) is 0 Å². The van der Waals surface area contributed by atoms with E-state index < -0.39 is 0 Å². The molecule has 0 spiro atoms. The molecule has 8 nitrogen and oxygen atoms in total. The van der Waals surface area contributed by atoms with Crippen LogP contribution in [0.15, 0.2) is 97.1 Å². The van der Waals surface area contributed by atoms with Crippen molar-refractivity contribution in [3.8, 4) is 33.9 Å². The second kappa shape index (κ2) is 19.2. The monoisotopic (exact) mass is 854 g/mol. The predicted molar refractivity (Wildman–Crippen MR) is 225 cm³/mol.